The van der Waals surface area contributed by atoms with Crippen LogP contribution in [-0.4, -0.2) is 40.5 Å². The third-order valence-electron chi connectivity index (χ3n) is 4.60. The molecule has 1 heterocycles. The van der Waals surface area contributed by atoms with E-state index in [0.717, 1.165) is 24.9 Å². The molecule has 2 rings (SSSR count). The summed E-state index contributed by atoms with van der Waals surface area (Å²) >= 11 is 0. The normalized spacial score (nSPS) is 18.8. The average molecular weight is 350 g/mol. The molecule has 25 heavy (non-hydrogen) atoms. The molecule has 0 aliphatic carbocycles. The maximum Gasteiger partial charge on any atom is 0.303 e. The molecule has 0 saturated carbocycles. The Morgan fingerprint density at radius 1 is 1.40 bits per heavy atom. The van der Waals surface area contributed by atoms with E-state index >= 15 is 0 Å². The molecule has 1 aromatic carbocycles. The summed E-state index contributed by atoms with van der Waals surface area (Å²) in [6.07, 6.45) is 2.17. The number of amides is 1. The Bertz CT molecular complexity index is 618. The van der Waals surface area contributed by atoms with Gasteiger partial charge in [0.05, 0.1) is 5.92 Å². The number of aliphatic carboxylic acids is 1. The molecule has 1 atom stereocenters. The summed E-state index contributed by atoms with van der Waals surface area (Å²) in [7, 11) is 0. The van der Waals surface area contributed by atoms with Gasteiger partial charge in [-0.15, -0.1) is 0 Å². The third-order valence-corrected chi connectivity index (χ3v) is 4.60. The molecule has 2 N–H and O–H groups in total. The third kappa shape index (κ3) is 6.46. The van der Waals surface area contributed by atoms with Crippen LogP contribution in [0.2, 0.25) is 0 Å². The summed E-state index contributed by atoms with van der Waals surface area (Å²) in [5, 5.41) is 11.8. The van der Waals surface area contributed by atoms with Crippen molar-refractivity contribution in [1.29, 1.82) is 0 Å². The topological polar surface area (TPSA) is 69.6 Å². The monoisotopic (exact) mass is 350 g/mol. The van der Waals surface area contributed by atoms with Gasteiger partial charge in [-0.3, -0.25) is 14.5 Å². The number of rotatable bonds is 7. The number of nitrogens with zero attached hydrogens (tertiary/aromatic N) is 1. The zero-order valence-corrected chi connectivity index (χ0v) is 14.9. The van der Waals surface area contributed by atoms with Crippen molar-refractivity contribution in [3.05, 3.63) is 35.6 Å². The van der Waals surface area contributed by atoms with Gasteiger partial charge in [0, 0.05) is 25.0 Å². The second-order valence-corrected chi connectivity index (χ2v) is 7.47. The van der Waals surface area contributed by atoms with E-state index in [0.29, 0.717) is 19.5 Å². The fraction of sp³-hybridized carbons (Fsp3) is 0.579. The average Bonchev–Trinajstić information content (AvgIpc) is 2.53. The molecule has 1 aliphatic heterocycles. The van der Waals surface area contributed by atoms with Crippen molar-refractivity contribution < 1.29 is 19.1 Å². The molecule has 1 fully saturated rings. The first kappa shape index (κ1) is 19.4. The fourth-order valence-electron chi connectivity index (χ4n) is 3.22. The minimum absolute atomic E-state index is 0.0284. The van der Waals surface area contributed by atoms with Gasteiger partial charge in [0.1, 0.15) is 5.82 Å². The lowest BCUT2D eigenvalue weighted by Crippen LogP contribution is -2.50. The second kappa shape index (κ2) is 8.43. The van der Waals surface area contributed by atoms with Gasteiger partial charge < -0.3 is 10.4 Å². The van der Waals surface area contributed by atoms with E-state index in [1.54, 1.807) is 6.07 Å². The molecule has 1 unspecified atom stereocenters. The number of carboxylic acids is 1. The number of hydrogen-bond acceptors (Lipinski definition) is 3. The smallest absolute Gasteiger partial charge is 0.303 e. The summed E-state index contributed by atoms with van der Waals surface area (Å²) < 4.78 is 13.3. The molecule has 1 aromatic rings. The maximum absolute atomic E-state index is 13.3. The van der Waals surface area contributed by atoms with Gasteiger partial charge in [-0.1, -0.05) is 12.1 Å². The fourth-order valence-corrected chi connectivity index (χ4v) is 3.22. The second-order valence-electron chi connectivity index (χ2n) is 7.47. The summed E-state index contributed by atoms with van der Waals surface area (Å²) in [4.78, 5) is 25.5. The lowest BCUT2D eigenvalue weighted by atomic mass is 9.93. The van der Waals surface area contributed by atoms with Crippen molar-refractivity contribution in [3.8, 4) is 0 Å². The van der Waals surface area contributed by atoms with E-state index in [1.807, 2.05) is 19.9 Å². The van der Waals surface area contributed by atoms with Crippen LogP contribution in [0.5, 0.6) is 0 Å². The number of benzene rings is 1. The lowest BCUT2D eigenvalue weighted by Gasteiger charge is -2.34. The molecule has 0 radical (unpaired) electrons. The van der Waals surface area contributed by atoms with Crippen LogP contribution < -0.4 is 5.32 Å². The lowest BCUT2D eigenvalue weighted by molar-refractivity contribution is -0.138. The SMILES string of the molecule is CC(C)(CCC(=O)O)NC(=O)C1CCCN(Cc2cccc(F)c2)C1. The highest BCUT2D eigenvalue weighted by Crippen LogP contribution is 2.21. The Morgan fingerprint density at radius 2 is 2.16 bits per heavy atom. The van der Waals surface area contributed by atoms with Gasteiger partial charge in [0.2, 0.25) is 5.91 Å². The highest BCUT2D eigenvalue weighted by molar-refractivity contribution is 5.79. The maximum atomic E-state index is 13.3. The summed E-state index contributed by atoms with van der Waals surface area (Å²) in [6, 6.07) is 6.54. The number of carbonyl (C=O) groups excluding carboxylic acids is 1. The first-order chi connectivity index (χ1) is 11.7. The summed E-state index contributed by atoms with van der Waals surface area (Å²) in [6.45, 7) is 5.85. The van der Waals surface area contributed by atoms with E-state index in [4.69, 9.17) is 5.11 Å². The summed E-state index contributed by atoms with van der Waals surface area (Å²) in [5.41, 5.74) is 0.364. The van der Waals surface area contributed by atoms with Crippen molar-refractivity contribution in [2.75, 3.05) is 13.1 Å². The van der Waals surface area contributed by atoms with Crippen LogP contribution in [0.3, 0.4) is 0 Å². The number of carboxylic acid groups (broad SMARTS) is 1. The van der Waals surface area contributed by atoms with Crippen LogP contribution in [-0.2, 0) is 16.1 Å². The van der Waals surface area contributed by atoms with E-state index in [2.05, 4.69) is 10.2 Å². The first-order valence-electron chi connectivity index (χ1n) is 8.76. The number of piperidine rings is 1. The molecule has 138 valence electrons. The van der Waals surface area contributed by atoms with Crippen molar-refractivity contribution in [1.82, 2.24) is 10.2 Å². The van der Waals surface area contributed by atoms with Crippen LogP contribution in [0.4, 0.5) is 4.39 Å². The van der Waals surface area contributed by atoms with Crippen LogP contribution in [0.1, 0.15) is 45.1 Å². The van der Waals surface area contributed by atoms with E-state index in [9.17, 15) is 14.0 Å². The van der Waals surface area contributed by atoms with Crippen molar-refractivity contribution in [3.63, 3.8) is 0 Å². The van der Waals surface area contributed by atoms with Gasteiger partial charge in [-0.05, 0) is 57.4 Å². The Labute approximate surface area is 148 Å². The molecular weight excluding hydrogens is 323 g/mol. The molecule has 0 aromatic heterocycles. The zero-order valence-electron chi connectivity index (χ0n) is 14.9. The van der Waals surface area contributed by atoms with Gasteiger partial charge in [0.25, 0.3) is 0 Å². The van der Waals surface area contributed by atoms with Crippen molar-refractivity contribution in [2.24, 2.45) is 5.92 Å². The van der Waals surface area contributed by atoms with E-state index in [-0.39, 0.29) is 24.1 Å². The van der Waals surface area contributed by atoms with Crippen LogP contribution >= 0.6 is 0 Å². The highest BCUT2D eigenvalue weighted by atomic mass is 19.1. The van der Waals surface area contributed by atoms with Gasteiger partial charge in [0.15, 0.2) is 0 Å². The quantitative estimate of drug-likeness (QED) is 0.793. The number of nitrogens with one attached hydrogen (secondary N) is 1. The molecular formula is C19H27FN2O3. The zero-order chi connectivity index (χ0) is 18.4. The van der Waals surface area contributed by atoms with Gasteiger partial charge in [-0.25, -0.2) is 4.39 Å². The molecule has 0 spiro atoms. The van der Waals surface area contributed by atoms with Crippen LogP contribution in [0.25, 0.3) is 0 Å². The van der Waals surface area contributed by atoms with Crippen LogP contribution in [0, 0.1) is 11.7 Å². The largest absolute Gasteiger partial charge is 0.481 e. The number of carbonyl (C=O) groups is 2. The molecule has 1 amide bonds. The minimum Gasteiger partial charge on any atom is -0.481 e. The molecule has 5 nitrogen and oxygen atoms in total. The number of hydrogen-bond donors (Lipinski definition) is 2. The molecule has 6 heteroatoms. The molecule has 1 saturated heterocycles. The Morgan fingerprint density at radius 3 is 2.84 bits per heavy atom. The van der Waals surface area contributed by atoms with E-state index < -0.39 is 11.5 Å². The first-order valence-corrected chi connectivity index (χ1v) is 8.76. The number of likely N-dealkylation sites (tertiary alicyclic amines) is 1. The Hall–Kier alpha value is -1.95. The minimum atomic E-state index is -0.860. The van der Waals surface area contributed by atoms with Gasteiger partial charge in [-0.2, -0.15) is 0 Å². The number of halogens is 1. The van der Waals surface area contributed by atoms with Crippen LogP contribution in [0.15, 0.2) is 24.3 Å². The standard InChI is InChI=1S/C19H27FN2O3/c1-19(2,9-8-17(23)24)21-18(25)15-6-4-10-22(13-15)12-14-5-3-7-16(20)11-14/h3,5,7,11,15H,4,6,8-10,12-13H2,1-2H3,(H,21,25)(H,23,24). The highest BCUT2D eigenvalue weighted by Gasteiger charge is 2.29. The Balaban J connectivity index is 1.89. The molecule has 1 aliphatic rings. The summed E-state index contributed by atoms with van der Waals surface area (Å²) in [5.74, 6) is -1.25. The molecule has 0 bridgehead atoms. The Kier molecular flexibility index (Phi) is 6.53. The van der Waals surface area contributed by atoms with Crippen molar-refractivity contribution in [2.45, 2.75) is 51.6 Å². The van der Waals surface area contributed by atoms with Crippen molar-refractivity contribution >= 4 is 11.9 Å². The van der Waals surface area contributed by atoms with E-state index in [1.165, 1.54) is 12.1 Å². The van der Waals surface area contributed by atoms with Gasteiger partial charge >= 0.3 is 5.97 Å². The predicted octanol–water partition coefficient (Wildman–Crippen LogP) is 2.80. The predicted molar refractivity (Wildman–Crippen MR) is 93.5 cm³/mol.